The van der Waals surface area contributed by atoms with Gasteiger partial charge in [0.25, 0.3) is 0 Å². The molecule has 0 bridgehead atoms. The molecule has 2 rings (SSSR count). The molecule has 0 atom stereocenters. The molecule has 0 unspecified atom stereocenters. The van der Waals surface area contributed by atoms with Crippen LogP contribution in [-0.4, -0.2) is 10.7 Å². The minimum Gasteiger partial charge on any atom is -0.386 e. The SMILES string of the molecule is Cc1cccc(C=CC2(O)CCCCC2)c1. The van der Waals surface area contributed by atoms with Crippen molar-refractivity contribution in [2.45, 2.75) is 44.6 Å². The molecule has 0 spiro atoms. The lowest BCUT2D eigenvalue weighted by atomic mass is 9.84. The van der Waals surface area contributed by atoms with Gasteiger partial charge in [0.05, 0.1) is 5.60 Å². The van der Waals surface area contributed by atoms with Crippen LogP contribution in [-0.2, 0) is 0 Å². The zero-order valence-electron chi connectivity index (χ0n) is 9.95. The van der Waals surface area contributed by atoms with Gasteiger partial charge in [-0.2, -0.15) is 0 Å². The van der Waals surface area contributed by atoms with Crippen molar-refractivity contribution >= 4 is 6.08 Å². The molecule has 1 aliphatic carbocycles. The summed E-state index contributed by atoms with van der Waals surface area (Å²) in [4.78, 5) is 0. The van der Waals surface area contributed by atoms with Crippen LogP contribution in [0.15, 0.2) is 30.3 Å². The summed E-state index contributed by atoms with van der Waals surface area (Å²) in [5.41, 5.74) is 1.89. The zero-order valence-corrected chi connectivity index (χ0v) is 9.95. The molecular formula is C15H20O. The monoisotopic (exact) mass is 216 g/mol. The Balaban J connectivity index is 2.08. The smallest absolute Gasteiger partial charge is 0.0830 e. The molecule has 0 amide bonds. The van der Waals surface area contributed by atoms with Gasteiger partial charge in [-0.15, -0.1) is 0 Å². The van der Waals surface area contributed by atoms with Crippen molar-refractivity contribution in [3.05, 3.63) is 41.5 Å². The highest BCUT2D eigenvalue weighted by Crippen LogP contribution is 2.29. The Kier molecular flexibility index (Phi) is 3.45. The quantitative estimate of drug-likeness (QED) is 0.799. The van der Waals surface area contributed by atoms with Crippen LogP contribution in [0.3, 0.4) is 0 Å². The minimum atomic E-state index is -0.554. The molecule has 1 N–H and O–H groups in total. The first-order valence-electron chi connectivity index (χ1n) is 6.16. The van der Waals surface area contributed by atoms with E-state index in [2.05, 4.69) is 37.3 Å². The van der Waals surface area contributed by atoms with Gasteiger partial charge >= 0.3 is 0 Å². The topological polar surface area (TPSA) is 20.2 Å². The number of rotatable bonds is 2. The van der Waals surface area contributed by atoms with E-state index in [1.54, 1.807) is 0 Å². The molecule has 0 aliphatic heterocycles. The van der Waals surface area contributed by atoms with Crippen molar-refractivity contribution in [3.8, 4) is 0 Å². The minimum absolute atomic E-state index is 0.554. The Labute approximate surface area is 97.8 Å². The molecular weight excluding hydrogens is 196 g/mol. The Morgan fingerprint density at radius 3 is 2.62 bits per heavy atom. The van der Waals surface area contributed by atoms with E-state index in [9.17, 15) is 5.11 Å². The Bertz CT molecular complexity index is 373. The van der Waals surface area contributed by atoms with E-state index in [0.717, 1.165) is 25.7 Å². The van der Waals surface area contributed by atoms with Crippen molar-refractivity contribution in [3.63, 3.8) is 0 Å². The maximum absolute atomic E-state index is 10.3. The van der Waals surface area contributed by atoms with Crippen LogP contribution in [0.1, 0.15) is 43.2 Å². The summed E-state index contributed by atoms with van der Waals surface area (Å²) < 4.78 is 0. The molecule has 1 fully saturated rings. The molecule has 1 saturated carbocycles. The molecule has 16 heavy (non-hydrogen) atoms. The second-order valence-electron chi connectivity index (χ2n) is 4.91. The van der Waals surface area contributed by atoms with Crippen LogP contribution in [0.25, 0.3) is 6.08 Å². The summed E-state index contributed by atoms with van der Waals surface area (Å²) in [7, 11) is 0. The molecule has 0 radical (unpaired) electrons. The number of hydrogen-bond acceptors (Lipinski definition) is 1. The highest BCUT2D eigenvalue weighted by molar-refractivity contribution is 5.51. The maximum Gasteiger partial charge on any atom is 0.0830 e. The first kappa shape index (κ1) is 11.4. The molecule has 1 nitrogen and oxygen atoms in total. The van der Waals surface area contributed by atoms with Crippen molar-refractivity contribution in [1.82, 2.24) is 0 Å². The average Bonchev–Trinajstić information content (AvgIpc) is 2.28. The van der Waals surface area contributed by atoms with Crippen LogP contribution in [0.5, 0.6) is 0 Å². The van der Waals surface area contributed by atoms with E-state index in [0.29, 0.717) is 0 Å². The molecule has 1 aliphatic rings. The Hall–Kier alpha value is -1.08. The normalized spacial score (nSPS) is 20.1. The van der Waals surface area contributed by atoms with Gasteiger partial charge in [0.1, 0.15) is 0 Å². The van der Waals surface area contributed by atoms with Gasteiger partial charge in [0.2, 0.25) is 0 Å². The van der Waals surface area contributed by atoms with Crippen LogP contribution in [0, 0.1) is 6.92 Å². The lowest BCUT2D eigenvalue weighted by Crippen LogP contribution is -2.28. The van der Waals surface area contributed by atoms with E-state index in [4.69, 9.17) is 0 Å². The summed E-state index contributed by atoms with van der Waals surface area (Å²) in [6.45, 7) is 2.09. The number of aliphatic hydroxyl groups is 1. The van der Waals surface area contributed by atoms with Gasteiger partial charge in [0, 0.05) is 0 Å². The third-order valence-corrected chi connectivity index (χ3v) is 3.35. The third kappa shape index (κ3) is 2.96. The number of hydrogen-bond donors (Lipinski definition) is 1. The van der Waals surface area contributed by atoms with Gasteiger partial charge in [-0.1, -0.05) is 61.2 Å². The van der Waals surface area contributed by atoms with Crippen LogP contribution >= 0.6 is 0 Å². The van der Waals surface area contributed by atoms with E-state index in [1.807, 2.05) is 6.08 Å². The standard InChI is InChI=1S/C15H20O/c1-13-6-5-7-14(12-13)8-11-15(16)9-3-2-4-10-15/h5-8,11-12,16H,2-4,9-10H2,1H3. The summed E-state index contributed by atoms with van der Waals surface area (Å²) in [6, 6.07) is 8.37. The predicted molar refractivity (Wildman–Crippen MR) is 68.2 cm³/mol. The summed E-state index contributed by atoms with van der Waals surface area (Å²) in [5.74, 6) is 0. The Morgan fingerprint density at radius 2 is 1.94 bits per heavy atom. The van der Waals surface area contributed by atoms with Gasteiger partial charge in [-0.25, -0.2) is 0 Å². The highest BCUT2D eigenvalue weighted by atomic mass is 16.3. The van der Waals surface area contributed by atoms with Gasteiger partial charge in [0.15, 0.2) is 0 Å². The first-order chi connectivity index (χ1) is 7.68. The first-order valence-corrected chi connectivity index (χ1v) is 6.16. The summed E-state index contributed by atoms with van der Waals surface area (Å²) >= 11 is 0. The zero-order chi connectivity index (χ0) is 11.4. The lowest BCUT2D eigenvalue weighted by molar-refractivity contribution is 0.0521. The largest absolute Gasteiger partial charge is 0.386 e. The average molecular weight is 216 g/mol. The molecule has 0 heterocycles. The molecule has 1 heteroatoms. The molecule has 1 aromatic carbocycles. The number of aryl methyl sites for hydroxylation is 1. The summed E-state index contributed by atoms with van der Waals surface area (Å²) in [6.07, 6.45) is 9.42. The van der Waals surface area contributed by atoms with Gasteiger partial charge in [-0.05, 0) is 25.3 Å². The summed E-state index contributed by atoms with van der Waals surface area (Å²) in [5, 5.41) is 10.3. The van der Waals surface area contributed by atoms with Crippen molar-refractivity contribution in [1.29, 1.82) is 0 Å². The van der Waals surface area contributed by atoms with E-state index in [1.165, 1.54) is 17.5 Å². The second kappa shape index (κ2) is 4.84. The fourth-order valence-electron chi connectivity index (χ4n) is 2.36. The second-order valence-corrected chi connectivity index (χ2v) is 4.91. The van der Waals surface area contributed by atoms with Crippen molar-refractivity contribution in [2.75, 3.05) is 0 Å². The van der Waals surface area contributed by atoms with Gasteiger partial charge in [-0.3, -0.25) is 0 Å². The van der Waals surface area contributed by atoms with E-state index < -0.39 is 5.60 Å². The van der Waals surface area contributed by atoms with E-state index in [-0.39, 0.29) is 0 Å². The van der Waals surface area contributed by atoms with Crippen LogP contribution in [0.2, 0.25) is 0 Å². The molecule has 1 aromatic rings. The fourth-order valence-corrected chi connectivity index (χ4v) is 2.36. The van der Waals surface area contributed by atoms with Crippen molar-refractivity contribution in [2.24, 2.45) is 0 Å². The maximum atomic E-state index is 10.3. The van der Waals surface area contributed by atoms with Crippen molar-refractivity contribution < 1.29 is 5.11 Å². The fraction of sp³-hybridized carbons (Fsp3) is 0.467. The highest BCUT2D eigenvalue weighted by Gasteiger charge is 2.25. The Morgan fingerprint density at radius 1 is 1.19 bits per heavy atom. The molecule has 0 aromatic heterocycles. The molecule has 0 saturated heterocycles. The van der Waals surface area contributed by atoms with Gasteiger partial charge < -0.3 is 5.11 Å². The third-order valence-electron chi connectivity index (χ3n) is 3.35. The molecule has 86 valence electrons. The number of benzene rings is 1. The predicted octanol–water partition coefficient (Wildman–Crippen LogP) is 3.70. The van der Waals surface area contributed by atoms with Crippen LogP contribution < -0.4 is 0 Å². The van der Waals surface area contributed by atoms with E-state index >= 15 is 0 Å². The van der Waals surface area contributed by atoms with Crippen LogP contribution in [0.4, 0.5) is 0 Å². The lowest BCUT2D eigenvalue weighted by Gasteiger charge is -2.28.